The summed E-state index contributed by atoms with van der Waals surface area (Å²) in [7, 11) is 0. The molecule has 22 heavy (non-hydrogen) atoms. The summed E-state index contributed by atoms with van der Waals surface area (Å²) in [6.07, 6.45) is 2.09. The van der Waals surface area contributed by atoms with E-state index in [-0.39, 0.29) is 0 Å². The molecule has 0 aliphatic rings. The van der Waals surface area contributed by atoms with Crippen LogP contribution in [0.1, 0.15) is 12.5 Å². The van der Waals surface area contributed by atoms with E-state index in [4.69, 9.17) is 4.74 Å². The molecule has 0 aromatic heterocycles. The molecule has 2 aromatic rings. The molecule has 2 N–H and O–H groups in total. The van der Waals surface area contributed by atoms with Crippen molar-refractivity contribution >= 4 is 11.8 Å². The first-order valence-corrected chi connectivity index (χ1v) is 7.04. The molecule has 0 radical (unpaired) electrons. The van der Waals surface area contributed by atoms with Gasteiger partial charge in [0.25, 0.3) is 0 Å². The lowest BCUT2D eigenvalue weighted by atomic mass is 10.1. The molecule has 0 fully saturated rings. The van der Waals surface area contributed by atoms with E-state index in [1.165, 1.54) is 0 Å². The van der Waals surface area contributed by atoms with Gasteiger partial charge in [-0.3, -0.25) is 5.32 Å². The molecule has 0 atom stereocenters. The monoisotopic (exact) mass is 299 g/mol. The molecule has 4 heteroatoms. The molecule has 0 bridgehead atoms. The second kappa shape index (κ2) is 10.0. The summed E-state index contributed by atoms with van der Waals surface area (Å²) >= 11 is 0. The van der Waals surface area contributed by atoms with Crippen LogP contribution >= 0.6 is 0 Å². The molecule has 1 amide bonds. The lowest BCUT2D eigenvalue weighted by Crippen LogP contribution is -2.12. The van der Waals surface area contributed by atoms with Crippen molar-refractivity contribution in [3.63, 3.8) is 0 Å². The van der Waals surface area contributed by atoms with Crippen molar-refractivity contribution in [2.75, 3.05) is 11.9 Å². The second-order valence-electron chi connectivity index (χ2n) is 4.33. The smallest absolute Gasteiger partial charge is 0.411 e. The fourth-order valence-corrected chi connectivity index (χ4v) is 1.65. The molecule has 2 aromatic carbocycles. The van der Waals surface area contributed by atoms with E-state index >= 15 is 0 Å². The number of nitrogens with one attached hydrogen (secondary N) is 1. The first kappa shape index (κ1) is 17.3. The number of allylic oxidation sites excluding steroid dienone is 1. The summed E-state index contributed by atoms with van der Waals surface area (Å²) < 4.78 is 4.70. The zero-order valence-corrected chi connectivity index (χ0v) is 12.7. The largest absolute Gasteiger partial charge is 0.508 e. The number of aromatic hydroxyl groups is 1. The maximum atomic E-state index is 10.9. The van der Waals surface area contributed by atoms with Crippen molar-refractivity contribution in [3.8, 4) is 5.75 Å². The van der Waals surface area contributed by atoms with E-state index in [1.54, 1.807) is 31.2 Å². The topological polar surface area (TPSA) is 58.6 Å². The first-order chi connectivity index (χ1) is 10.7. The first-order valence-electron chi connectivity index (χ1n) is 7.04. The Morgan fingerprint density at radius 1 is 1.18 bits per heavy atom. The maximum Gasteiger partial charge on any atom is 0.411 e. The quantitative estimate of drug-likeness (QED) is 0.824. The van der Waals surface area contributed by atoms with Gasteiger partial charge in [-0.25, -0.2) is 4.79 Å². The molecule has 0 aliphatic carbocycles. The normalized spacial score (nSPS) is 9.14. The predicted octanol–water partition coefficient (Wildman–Crippen LogP) is 4.38. The average molecular weight is 299 g/mol. The summed E-state index contributed by atoms with van der Waals surface area (Å²) in [5.74, 6) is 0.349. The van der Waals surface area contributed by atoms with Gasteiger partial charge in [0, 0.05) is 5.69 Å². The zero-order valence-electron chi connectivity index (χ0n) is 12.7. The summed E-state index contributed by atoms with van der Waals surface area (Å²) in [5, 5.41) is 11.8. The van der Waals surface area contributed by atoms with Crippen LogP contribution < -0.4 is 5.32 Å². The minimum Gasteiger partial charge on any atom is -0.508 e. The van der Waals surface area contributed by atoms with E-state index in [2.05, 4.69) is 11.9 Å². The lowest BCUT2D eigenvalue weighted by molar-refractivity contribution is 0.168. The van der Waals surface area contributed by atoms with Gasteiger partial charge in [0.1, 0.15) is 5.75 Å². The van der Waals surface area contributed by atoms with Crippen molar-refractivity contribution in [2.45, 2.75) is 13.3 Å². The van der Waals surface area contributed by atoms with Gasteiger partial charge in [-0.2, -0.15) is 0 Å². The van der Waals surface area contributed by atoms with Crippen LogP contribution in [0, 0.1) is 0 Å². The van der Waals surface area contributed by atoms with E-state index in [0.717, 1.165) is 17.7 Å². The number of amides is 1. The van der Waals surface area contributed by atoms with Crippen molar-refractivity contribution in [2.24, 2.45) is 0 Å². The molecule has 0 heterocycles. The van der Waals surface area contributed by atoms with Crippen LogP contribution in [0.5, 0.6) is 5.75 Å². The minimum atomic E-state index is -0.413. The van der Waals surface area contributed by atoms with Crippen molar-refractivity contribution in [1.82, 2.24) is 0 Å². The standard InChI is InChI=1S/C9H11NO2.C9H10O/c1-2-12-9(11)10-8-6-4-3-5-7-8;1-2-5-8-6-3-4-7-9(8)10/h3-7H,2H2,1H3,(H,10,11);2-4,6-7,10H,1,5H2. The Labute approximate surface area is 131 Å². The summed E-state index contributed by atoms with van der Waals surface area (Å²) in [5.41, 5.74) is 1.67. The van der Waals surface area contributed by atoms with Gasteiger partial charge in [-0.05, 0) is 37.1 Å². The number of hydrogen-bond acceptors (Lipinski definition) is 3. The SMILES string of the molecule is C=CCc1ccccc1O.CCOC(=O)Nc1ccccc1. The van der Waals surface area contributed by atoms with Crippen molar-refractivity contribution < 1.29 is 14.6 Å². The highest BCUT2D eigenvalue weighted by Crippen LogP contribution is 2.15. The molecule has 2 rings (SSSR count). The number of phenolic OH excluding ortho intramolecular Hbond substituents is 1. The number of rotatable bonds is 4. The van der Waals surface area contributed by atoms with Crippen molar-refractivity contribution in [3.05, 3.63) is 72.8 Å². The van der Waals surface area contributed by atoms with Gasteiger partial charge in [0.15, 0.2) is 0 Å². The van der Waals surface area contributed by atoms with Gasteiger partial charge < -0.3 is 9.84 Å². The minimum absolute atomic E-state index is 0.349. The number of carbonyl (C=O) groups is 1. The van der Waals surface area contributed by atoms with Gasteiger partial charge in [0.2, 0.25) is 0 Å². The molecule has 0 saturated carbocycles. The third kappa shape index (κ3) is 6.61. The van der Waals surface area contributed by atoms with Crippen LogP contribution in [0.15, 0.2) is 67.3 Å². The van der Waals surface area contributed by atoms with E-state index in [9.17, 15) is 9.90 Å². The van der Waals surface area contributed by atoms with Crippen LogP contribution in [0.3, 0.4) is 0 Å². The maximum absolute atomic E-state index is 10.9. The summed E-state index contributed by atoms with van der Waals surface area (Å²) in [4.78, 5) is 10.9. The zero-order chi connectivity index (χ0) is 16.2. The molecular formula is C18H21NO3. The van der Waals surface area contributed by atoms with E-state index in [1.807, 2.05) is 36.4 Å². The fourth-order valence-electron chi connectivity index (χ4n) is 1.65. The summed E-state index contributed by atoms with van der Waals surface area (Å²) in [6, 6.07) is 16.5. The number of phenols is 1. The highest BCUT2D eigenvalue weighted by Gasteiger charge is 1.98. The van der Waals surface area contributed by atoms with Crippen LogP contribution in [0.4, 0.5) is 10.5 Å². The number of para-hydroxylation sites is 2. The van der Waals surface area contributed by atoms with Gasteiger partial charge >= 0.3 is 6.09 Å². The highest BCUT2D eigenvalue weighted by atomic mass is 16.5. The lowest BCUT2D eigenvalue weighted by Gasteiger charge is -2.03. The Bertz CT molecular complexity index is 582. The number of ether oxygens (including phenoxy) is 1. The Morgan fingerprint density at radius 2 is 1.82 bits per heavy atom. The Kier molecular flexibility index (Phi) is 7.90. The van der Waals surface area contributed by atoms with Gasteiger partial charge in [-0.1, -0.05) is 42.5 Å². The van der Waals surface area contributed by atoms with Gasteiger partial charge in [0.05, 0.1) is 6.61 Å². The highest BCUT2D eigenvalue weighted by molar-refractivity contribution is 5.84. The summed E-state index contributed by atoms with van der Waals surface area (Å²) in [6.45, 7) is 5.74. The number of anilines is 1. The molecule has 0 spiro atoms. The molecular weight excluding hydrogens is 278 g/mol. The van der Waals surface area contributed by atoms with Crippen LogP contribution in [0.2, 0.25) is 0 Å². The molecule has 4 nitrogen and oxygen atoms in total. The predicted molar refractivity (Wildman–Crippen MR) is 89.1 cm³/mol. The van der Waals surface area contributed by atoms with Gasteiger partial charge in [-0.15, -0.1) is 6.58 Å². The molecule has 116 valence electrons. The fraction of sp³-hybridized carbons (Fsp3) is 0.167. The third-order valence-electron chi connectivity index (χ3n) is 2.65. The Hall–Kier alpha value is -2.75. The third-order valence-corrected chi connectivity index (χ3v) is 2.65. The van der Waals surface area contributed by atoms with Crippen molar-refractivity contribution in [1.29, 1.82) is 0 Å². The Morgan fingerprint density at radius 3 is 2.41 bits per heavy atom. The number of hydrogen-bond donors (Lipinski definition) is 2. The van der Waals surface area contributed by atoms with E-state index < -0.39 is 6.09 Å². The number of carbonyl (C=O) groups excluding carboxylic acids is 1. The molecule has 0 aliphatic heterocycles. The van der Waals surface area contributed by atoms with Crippen LogP contribution in [-0.2, 0) is 11.2 Å². The Balaban J connectivity index is 0.000000224. The van der Waals surface area contributed by atoms with Crippen LogP contribution in [0.25, 0.3) is 0 Å². The average Bonchev–Trinajstić information content (AvgIpc) is 2.52. The molecule has 0 saturated heterocycles. The number of benzene rings is 2. The molecule has 0 unspecified atom stereocenters. The second-order valence-corrected chi connectivity index (χ2v) is 4.33. The van der Waals surface area contributed by atoms with Crippen LogP contribution in [-0.4, -0.2) is 17.8 Å². The van der Waals surface area contributed by atoms with E-state index in [0.29, 0.717) is 12.4 Å².